The molecule has 0 aliphatic heterocycles. The third-order valence-corrected chi connectivity index (χ3v) is 5.59. The minimum atomic E-state index is -0.641. The van der Waals surface area contributed by atoms with Gasteiger partial charge in [-0.2, -0.15) is 0 Å². The SMILES string of the molecule is [CH2]C(Nc1sccc1[N+](=O)[O-])c1ncc(-c2ncc[nH]2)c(-c2ccc(Cl)cc2Cl)n1. The molecule has 3 aromatic heterocycles. The Morgan fingerprint density at radius 2 is 2.07 bits per heavy atom. The highest BCUT2D eigenvalue weighted by atomic mass is 35.5. The summed E-state index contributed by atoms with van der Waals surface area (Å²) in [6.45, 7) is 4.02. The number of halogens is 2. The number of thiophene rings is 1. The van der Waals surface area contributed by atoms with Gasteiger partial charge in [-0.3, -0.25) is 10.1 Å². The molecule has 151 valence electrons. The zero-order valence-electron chi connectivity index (χ0n) is 15.2. The van der Waals surface area contributed by atoms with Crippen LogP contribution in [0.1, 0.15) is 11.9 Å². The number of nitro groups is 1. The molecule has 0 aliphatic carbocycles. The lowest BCUT2D eigenvalue weighted by Crippen LogP contribution is -2.12. The van der Waals surface area contributed by atoms with E-state index in [4.69, 9.17) is 23.2 Å². The van der Waals surface area contributed by atoms with Crippen molar-refractivity contribution in [3.8, 4) is 22.6 Å². The summed E-state index contributed by atoms with van der Waals surface area (Å²) in [4.78, 5) is 27.1. The van der Waals surface area contributed by atoms with Crippen molar-refractivity contribution in [3.63, 3.8) is 0 Å². The van der Waals surface area contributed by atoms with Crippen molar-refractivity contribution in [1.29, 1.82) is 0 Å². The number of anilines is 1. The van der Waals surface area contributed by atoms with E-state index in [-0.39, 0.29) is 5.69 Å². The Kier molecular flexibility index (Phi) is 5.67. The number of hydrogen-bond donors (Lipinski definition) is 2. The summed E-state index contributed by atoms with van der Waals surface area (Å²) >= 11 is 13.7. The minimum absolute atomic E-state index is 0.0261. The molecule has 3 heterocycles. The second-order valence-electron chi connectivity index (χ2n) is 6.14. The summed E-state index contributed by atoms with van der Waals surface area (Å²) in [7, 11) is 0. The molecule has 11 heteroatoms. The molecule has 8 nitrogen and oxygen atoms in total. The molecule has 1 aromatic carbocycles. The first kappa shape index (κ1) is 20.3. The fourth-order valence-corrected chi connectivity index (χ4v) is 4.12. The van der Waals surface area contributed by atoms with Crippen LogP contribution in [0.15, 0.2) is 48.2 Å². The van der Waals surface area contributed by atoms with Crippen LogP contribution >= 0.6 is 34.5 Å². The summed E-state index contributed by atoms with van der Waals surface area (Å²) in [6.07, 6.45) is 4.93. The van der Waals surface area contributed by atoms with E-state index in [1.54, 1.807) is 42.2 Å². The molecule has 0 saturated heterocycles. The molecular weight excluding hydrogens is 447 g/mol. The highest BCUT2D eigenvalue weighted by Crippen LogP contribution is 2.36. The average Bonchev–Trinajstić information content (AvgIpc) is 3.39. The van der Waals surface area contributed by atoms with Gasteiger partial charge in [0.25, 0.3) is 0 Å². The van der Waals surface area contributed by atoms with Crippen LogP contribution in [0.2, 0.25) is 10.0 Å². The normalized spacial score (nSPS) is 12.0. The number of benzene rings is 1. The first-order valence-corrected chi connectivity index (χ1v) is 10.2. The Labute approximate surface area is 185 Å². The van der Waals surface area contributed by atoms with Crippen LogP contribution < -0.4 is 5.32 Å². The smallest absolute Gasteiger partial charge is 0.303 e. The van der Waals surface area contributed by atoms with Crippen LogP contribution in [0.5, 0.6) is 0 Å². The molecule has 0 amide bonds. The number of nitrogens with one attached hydrogen (secondary N) is 2. The van der Waals surface area contributed by atoms with Crippen LogP contribution in [-0.4, -0.2) is 24.9 Å². The van der Waals surface area contributed by atoms with Crippen molar-refractivity contribution < 1.29 is 4.92 Å². The highest BCUT2D eigenvalue weighted by Gasteiger charge is 2.21. The van der Waals surface area contributed by atoms with E-state index in [0.717, 1.165) is 0 Å². The van der Waals surface area contributed by atoms with Gasteiger partial charge < -0.3 is 10.3 Å². The third kappa shape index (κ3) is 4.00. The lowest BCUT2D eigenvalue weighted by molar-refractivity contribution is -0.383. The maximum absolute atomic E-state index is 11.2. The second-order valence-corrected chi connectivity index (χ2v) is 7.90. The first-order chi connectivity index (χ1) is 14.4. The number of imidazole rings is 1. The van der Waals surface area contributed by atoms with Crippen LogP contribution in [0.4, 0.5) is 10.7 Å². The molecule has 0 spiro atoms. The molecular formula is C19H13Cl2N6O2S. The quantitative estimate of drug-likeness (QED) is 0.278. The molecule has 1 radical (unpaired) electrons. The molecule has 0 aliphatic rings. The van der Waals surface area contributed by atoms with E-state index < -0.39 is 11.0 Å². The van der Waals surface area contributed by atoms with E-state index in [0.29, 0.717) is 43.5 Å². The monoisotopic (exact) mass is 459 g/mol. The lowest BCUT2D eigenvalue weighted by atomic mass is 10.1. The maximum atomic E-state index is 11.2. The van der Waals surface area contributed by atoms with Crippen molar-refractivity contribution in [1.82, 2.24) is 19.9 Å². The van der Waals surface area contributed by atoms with E-state index in [2.05, 4.69) is 32.2 Å². The predicted octanol–water partition coefficient (Wildman–Crippen LogP) is 5.80. The molecule has 30 heavy (non-hydrogen) atoms. The Morgan fingerprint density at radius 3 is 2.77 bits per heavy atom. The van der Waals surface area contributed by atoms with E-state index in [1.165, 1.54) is 17.4 Å². The van der Waals surface area contributed by atoms with Crippen LogP contribution in [-0.2, 0) is 0 Å². The van der Waals surface area contributed by atoms with Crippen molar-refractivity contribution in [2.75, 3.05) is 5.32 Å². The molecule has 2 N–H and O–H groups in total. The summed E-state index contributed by atoms with van der Waals surface area (Å²) in [6, 6.07) is 5.89. The van der Waals surface area contributed by atoms with Crippen LogP contribution in [0.3, 0.4) is 0 Å². The van der Waals surface area contributed by atoms with E-state index in [9.17, 15) is 10.1 Å². The Morgan fingerprint density at radius 1 is 1.23 bits per heavy atom. The van der Waals surface area contributed by atoms with Crippen LogP contribution in [0.25, 0.3) is 22.6 Å². The number of H-pyrrole nitrogens is 1. The third-order valence-electron chi connectivity index (χ3n) is 4.21. The number of aromatic amines is 1. The first-order valence-electron chi connectivity index (χ1n) is 8.57. The summed E-state index contributed by atoms with van der Waals surface area (Å²) in [5.74, 6) is 0.916. The number of hydrogen-bond acceptors (Lipinski definition) is 7. The molecule has 4 rings (SSSR count). The van der Waals surface area contributed by atoms with Gasteiger partial charge in [0.2, 0.25) is 0 Å². The van der Waals surface area contributed by atoms with Gasteiger partial charge in [-0.15, -0.1) is 11.3 Å². The number of aromatic nitrogens is 4. The van der Waals surface area contributed by atoms with Gasteiger partial charge in [-0.05, 0) is 30.5 Å². The predicted molar refractivity (Wildman–Crippen MR) is 118 cm³/mol. The fraction of sp³-hybridized carbons (Fsp3) is 0.0526. The van der Waals surface area contributed by atoms with Crippen molar-refractivity contribution in [2.24, 2.45) is 0 Å². The Bertz CT molecular complexity index is 1210. The Balaban J connectivity index is 1.77. The molecule has 1 unspecified atom stereocenters. The maximum Gasteiger partial charge on any atom is 0.303 e. The van der Waals surface area contributed by atoms with Gasteiger partial charge >= 0.3 is 5.69 Å². The number of rotatable bonds is 6. The van der Waals surface area contributed by atoms with E-state index in [1.807, 2.05) is 0 Å². The van der Waals surface area contributed by atoms with Crippen molar-refractivity contribution >= 4 is 45.2 Å². The van der Waals surface area contributed by atoms with Gasteiger partial charge in [0.05, 0.1) is 27.2 Å². The second kappa shape index (κ2) is 8.39. The average molecular weight is 460 g/mol. The van der Waals surface area contributed by atoms with Crippen molar-refractivity contribution in [3.05, 3.63) is 81.1 Å². The fourth-order valence-electron chi connectivity index (χ4n) is 2.81. The molecule has 0 fully saturated rings. The standard InChI is InChI=1S/C19H13Cl2N6O2S/c1-10(25-19-15(27(28)29)4-7-30-19)17-24-9-13(18-22-5-6-23-18)16(26-17)12-3-2-11(20)8-14(12)21/h2-10,25H,1H2,(H,22,23). The number of nitrogens with zero attached hydrogens (tertiary/aromatic N) is 4. The zero-order valence-corrected chi connectivity index (χ0v) is 17.5. The largest absolute Gasteiger partial charge is 0.361 e. The van der Waals surface area contributed by atoms with E-state index >= 15 is 0 Å². The zero-order chi connectivity index (χ0) is 21.3. The van der Waals surface area contributed by atoms with Crippen molar-refractivity contribution in [2.45, 2.75) is 6.04 Å². The Hall–Kier alpha value is -3.01. The highest BCUT2D eigenvalue weighted by molar-refractivity contribution is 7.14. The van der Waals surface area contributed by atoms with Gasteiger partial charge in [0.1, 0.15) is 5.82 Å². The lowest BCUT2D eigenvalue weighted by Gasteiger charge is -2.15. The minimum Gasteiger partial charge on any atom is -0.361 e. The topological polar surface area (TPSA) is 110 Å². The summed E-state index contributed by atoms with van der Waals surface area (Å²) < 4.78 is 0. The molecule has 4 aromatic rings. The summed E-state index contributed by atoms with van der Waals surface area (Å²) in [5.41, 5.74) is 1.79. The molecule has 0 saturated carbocycles. The van der Waals surface area contributed by atoms with Gasteiger partial charge in [-0.25, -0.2) is 15.0 Å². The van der Waals surface area contributed by atoms with Gasteiger partial charge in [0, 0.05) is 35.2 Å². The van der Waals surface area contributed by atoms with Gasteiger partial charge in [0.15, 0.2) is 10.8 Å². The van der Waals surface area contributed by atoms with Gasteiger partial charge in [-0.1, -0.05) is 23.2 Å². The molecule has 1 atom stereocenters. The molecule has 0 bridgehead atoms. The van der Waals surface area contributed by atoms with Crippen LogP contribution in [0, 0.1) is 17.0 Å². The summed E-state index contributed by atoms with van der Waals surface area (Å²) in [5, 5.41) is 17.1.